The minimum atomic E-state index is 0.0212. The highest BCUT2D eigenvalue weighted by molar-refractivity contribution is 5.09. The van der Waals surface area contributed by atoms with Gasteiger partial charge in [-0.3, -0.25) is 0 Å². The van der Waals surface area contributed by atoms with Gasteiger partial charge in [0.05, 0.1) is 6.04 Å². The molecular formula is C13H23NO. The molecular weight excluding hydrogens is 186 g/mol. The van der Waals surface area contributed by atoms with Gasteiger partial charge in [-0.2, -0.15) is 0 Å². The summed E-state index contributed by atoms with van der Waals surface area (Å²) in [5.41, 5.74) is 6.42. The Kier molecular flexibility index (Phi) is 3.61. The second-order valence-electron chi connectivity index (χ2n) is 5.56. The molecule has 0 aliphatic rings. The Hall–Kier alpha value is -0.760. The van der Waals surface area contributed by atoms with Gasteiger partial charge in [-0.05, 0) is 36.8 Å². The topological polar surface area (TPSA) is 39.2 Å². The maximum Gasteiger partial charge on any atom is 0.120 e. The summed E-state index contributed by atoms with van der Waals surface area (Å²) in [6.45, 7) is 10.9. The molecule has 0 saturated heterocycles. The Morgan fingerprint density at radius 1 is 1.33 bits per heavy atom. The van der Waals surface area contributed by atoms with Gasteiger partial charge in [0.1, 0.15) is 11.5 Å². The molecule has 2 atom stereocenters. The summed E-state index contributed by atoms with van der Waals surface area (Å²) in [5, 5.41) is 0. The van der Waals surface area contributed by atoms with Crippen molar-refractivity contribution in [3.05, 3.63) is 23.7 Å². The van der Waals surface area contributed by atoms with Crippen molar-refractivity contribution in [2.45, 2.75) is 47.1 Å². The molecule has 0 aliphatic heterocycles. The number of hydrogen-bond acceptors (Lipinski definition) is 2. The number of rotatable bonds is 3. The minimum Gasteiger partial charge on any atom is -0.465 e. The third kappa shape index (κ3) is 3.38. The average molecular weight is 209 g/mol. The first kappa shape index (κ1) is 12.3. The van der Waals surface area contributed by atoms with Gasteiger partial charge in [-0.1, -0.05) is 27.7 Å². The Balaban J connectivity index is 2.60. The van der Waals surface area contributed by atoms with Crippen LogP contribution in [0, 0.1) is 18.3 Å². The second-order valence-corrected chi connectivity index (χ2v) is 5.56. The lowest BCUT2D eigenvalue weighted by molar-refractivity contribution is 0.226. The zero-order valence-corrected chi connectivity index (χ0v) is 10.5. The third-order valence-corrected chi connectivity index (χ3v) is 3.21. The van der Waals surface area contributed by atoms with E-state index in [4.69, 9.17) is 10.2 Å². The molecule has 2 nitrogen and oxygen atoms in total. The number of furan rings is 1. The van der Waals surface area contributed by atoms with Gasteiger partial charge in [0, 0.05) is 0 Å². The van der Waals surface area contributed by atoms with E-state index in [0.717, 1.165) is 17.9 Å². The van der Waals surface area contributed by atoms with Crippen molar-refractivity contribution in [2.24, 2.45) is 17.1 Å². The number of hydrogen-bond donors (Lipinski definition) is 1. The fourth-order valence-electron chi connectivity index (χ4n) is 1.50. The minimum absolute atomic E-state index is 0.0212. The molecule has 2 N–H and O–H groups in total. The fraction of sp³-hybridized carbons (Fsp3) is 0.692. The molecule has 1 aromatic rings. The molecule has 0 spiro atoms. The predicted molar refractivity (Wildman–Crippen MR) is 63.6 cm³/mol. The SMILES string of the molecule is Cc1ccc(C(N)CC(C)C(C)(C)C)o1. The molecule has 0 bridgehead atoms. The Bertz CT molecular complexity index is 309. The van der Waals surface area contributed by atoms with Crippen molar-refractivity contribution in [3.8, 4) is 0 Å². The van der Waals surface area contributed by atoms with E-state index in [9.17, 15) is 0 Å². The highest BCUT2D eigenvalue weighted by Gasteiger charge is 2.23. The van der Waals surface area contributed by atoms with Crippen LogP contribution >= 0.6 is 0 Å². The third-order valence-electron chi connectivity index (χ3n) is 3.21. The summed E-state index contributed by atoms with van der Waals surface area (Å²) in [7, 11) is 0. The summed E-state index contributed by atoms with van der Waals surface area (Å²) in [5.74, 6) is 2.42. The molecule has 0 aliphatic carbocycles. The van der Waals surface area contributed by atoms with Crippen molar-refractivity contribution in [1.82, 2.24) is 0 Å². The summed E-state index contributed by atoms with van der Waals surface area (Å²) in [6, 6.07) is 3.97. The van der Waals surface area contributed by atoms with E-state index < -0.39 is 0 Å². The first-order valence-corrected chi connectivity index (χ1v) is 5.62. The summed E-state index contributed by atoms with van der Waals surface area (Å²) in [4.78, 5) is 0. The van der Waals surface area contributed by atoms with E-state index in [0.29, 0.717) is 11.3 Å². The number of nitrogens with two attached hydrogens (primary N) is 1. The first-order chi connectivity index (χ1) is 6.80. The van der Waals surface area contributed by atoms with Gasteiger partial charge in [-0.15, -0.1) is 0 Å². The molecule has 1 heterocycles. The average Bonchev–Trinajstić information content (AvgIpc) is 2.50. The van der Waals surface area contributed by atoms with Gasteiger partial charge >= 0.3 is 0 Å². The normalized spacial score (nSPS) is 16.4. The second kappa shape index (κ2) is 4.40. The molecule has 86 valence electrons. The Labute approximate surface area is 92.9 Å². The van der Waals surface area contributed by atoms with Crippen LogP contribution < -0.4 is 5.73 Å². The van der Waals surface area contributed by atoms with E-state index in [2.05, 4.69) is 27.7 Å². The lowest BCUT2D eigenvalue weighted by Crippen LogP contribution is -2.22. The van der Waals surface area contributed by atoms with Crippen molar-refractivity contribution < 1.29 is 4.42 Å². The van der Waals surface area contributed by atoms with Gasteiger partial charge in [-0.25, -0.2) is 0 Å². The molecule has 0 aromatic carbocycles. The monoisotopic (exact) mass is 209 g/mol. The maximum absolute atomic E-state index is 6.11. The van der Waals surface area contributed by atoms with Gasteiger partial charge in [0.15, 0.2) is 0 Å². The molecule has 0 amide bonds. The van der Waals surface area contributed by atoms with Crippen LogP contribution in [-0.4, -0.2) is 0 Å². The smallest absolute Gasteiger partial charge is 0.120 e. The van der Waals surface area contributed by atoms with E-state index >= 15 is 0 Å². The van der Waals surface area contributed by atoms with Crippen molar-refractivity contribution in [1.29, 1.82) is 0 Å². The lowest BCUT2D eigenvalue weighted by Gasteiger charge is -2.28. The molecule has 2 heteroatoms. The van der Waals surface area contributed by atoms with Crippen LogP contribution in [-0.2, 0) is 0 Å². The highest BCUT2D eigenvalue weighted by Crippen LogP contribution is 2.32. The maximum atomic E-state index is 6.11. The highest BCUT2D eigenvalue weighted by atomic mass is 16.3. The van der Waals surface area contributed by atoms with E-state index in [1.807, 2.05) is 19.1 Å². The van der Waals surface area contributed by atoms with Crippen molar-refractivity contribution >= 4 is 0 Å². The standard InChI is InChI=1S/C13H23NO/c1-9(13(3,4)5)8-11(14)12-7-6-10(2)15-12/h6-7,9,11H,8,14H2,1-5H3. The molecule has 1 rings (SSSR count). The molecule has 15 heavy (non-hydrogen) atoms. The Morgan fingerprint density at radius 2 is 1.93 bits per heavy atom. The van der Waals surface area contributed by atoms with Crippen LogP contribution in [0.5, 0.6) is 0 Å². The van der Waals surface area contributed by atoms with Gasteiger partial charge < -0.3 is 10.2 Å². The van der Waals surface area contributed by atoms with Crippen LogP contribution in [0.15, 0.2) is 16.5 Å². The van der Waals surface area contributed by atoms with Crippen LogP contribution in [0.3, 0.4) is 0 Å². The zero-order valence-electron chi connectivity index (χ0n) is 10.5. The lowest BCUT2D eigenvalue weighted by atomic mass is 9.78. The van der Waals surface area contributed by atoms with Crippen molar-refractivity contribution in [3.63, 3.8) is 0 Å². The van der Waals surface area contributed by atoms with Crippen LogP contribution in [0.1, 0.15) is 51.7 Å². The fourth-order valence-corrected chi connectivity index (χ4v) is 1.50. The Morgan fingerprint density at radius 3 is 2.33 bits per heavy atom. The summed E-state index contributed by atoms with van der Waals surface area (Å²) >= 11 is 0. The van der Waals surface area contributed by atoms with Crippen LogP contribution in [0.4, 0.5) is 0 Å². The molecule has 1 aromatic heterocycles. The van der Waals surface area contributed by atoms with Gasteiger partial charge in [0.2, 0.25) is 0 Å². The van der Waals surface area contributed by atoms with E-state index in [-0.39, 0.29) is 6.04 Å². The van der Waals surface area contributed by atoms with E-state index in [1.54, 1.807) is 0 Å². The van der Waals surface area contributed by atoms with E-state index in [1.165, 1.54) is 0 Å². The zero-order chi connectivity index (χ0) is 11.6. The quantitative estimate of drug-likeness (QED) is 0.825. The molecule has 2 unspecified atom stereocenters. The number of aryl methyl sites for hydroxylation is 1. The molecule has 0 saturated carbocycles. The summed E-state index contributed by atoms with van der Waals surface area (Å²) in [6.07, 6.45) is 0.969. The largest absolute Gasteiger partial charge is 0.465 e. The first-order valence-electron chi connectivity index (χ1n) is 5.62. The van der Waals surface area contributed by atoms with Crippen molar-refractivity contribution in [2.75, 3.05) is 0 Å². The predicted octanol–water partition coefficient (Wildman–Crippen LogP) is 3.66. The van der Waals surface area contributed by atoms with Crippen LogP contribution in [0.2, 0.25) is 0 Å². The molecule has 0 fully saturated rings. The van der Waals surface area contributed by atoms with Gasteiger partial charge in [0.25, 0.3) is 0 Å². The molecule has 0 radical (unpaired) electrons. The summed E-state index contributed by atoms with van der Waals surface area (Å²) < 4.78 is 5.53. The van der Waals surface area contributed by atoms with Crippen LogP contribution in [0.25, 0.3) is 0 Å².